The van der Waals surface area contributed by atoms with E-state index < -0.39 is 72.4 Å². The average molecular weight is 681 g/mol. The molecular formula is C28H41O12SSe+. The molecule has 1 aromatic rings. The summed E-state index contributed by atoms with van der Waals surface area (Å²) in [7, 11) is -4.88. The van der Waals surface area contributed by atoms with Gasteiger partial charge in [-0.25, -0.2) is 0 Å². The maximum absolute atomic E-state index is 12.2. The zero-order valence-corrected chi connectivity index (χ0v) is 27.2. The Labute approximate surface area is 251 Å². The van der Waals surface area contributed by atoms with Gasteiger partial charge >= 0.3 is 252 Å². The van der Waals surface area contributed by atoms with E-state index >= 15 is 0 Å². The van der Waals surface area contributed by atoms with E-state index in [4.69, 9.17) is 42.1 Å². The fourth-order valence-corrected chi connectivity index (χ4v) is 12.9. The summed E-state index contributed by atoms with van der Waals surface area (Å²) in [4.78, 5) is 0.0354. The van der Waals surface area contributed by atoms with Crippen LogP contribution >= 0.6 is 0 Å². The molecule has 42 heavy (non-hydrogen) atoms. The van der Waals surface area contributed by atoms with Crippen LogP contribution in [0.1, 0.15) is 53.4 Å². The zero-order chi connectivity index (χ0) is 30.1. The van der Waals surface area contributed by atoms with Gasteiger partial charge in [-0.15, -0.1) is 0 Å². The molecule has 5 heterocycles. The van der Waals surface area contributed by atoms with E-state index in [1.54, 1.807) is 13.8 Å². The molecule has 5 aliphatic rings. The van der Waals surface area contributed by atoms with Crippen LogP contribution in [0.3, 0.4) is 0 Å². The van der Waals surface area contributed by atoms with Crippen LogP contribution in [-0.2, 0) is 52.5 Å². The molecular weight excluding hydrogens is 639 g/mol. The molecule has 0 spiro atoms. The van der Waals surface area contributed by atoms with Crippen LogP contribution in [0.4, 0.5) is 0 Å². The Kier molecular flexibility index (Phi) is 8.39. The second-order valence-corrected chi connectivity index (χ2v) is 18.7. The predicted octanol–water partition coefficient (Wildman–Crippen LogP) is 3.36. The molecule has 10 atom stereocenters. The molecule has 0 radical (unpaired) electrons. The van der Waals surface area contributed by atoms with Gasteiger partial charge in [0.1, 0.15) is 0 Å². The average Bonchev–Trinajstić information content (AvgIpc) is 3.41. The van der Waals surface area contributed by atoms with Crippen molar-refractivity contribution in [3.63, 3.8) is 0 Å². The Morgan fingerprint density at radius 3 is 2.14 bits per heavy atom. The standard InChI is InChI=1S/C28H40O12SSe/c1-26(2)32-12-17(36-26)21-23(40-41(29,30)31)18(34-25(35-21)16-10-8-7-9-11-16)14-42-15-19-22(38-28(5,6)37-19)24-20(42)13-33-27(3,4)39-24/h7-11,17-25H,12-15H2,1-6H3/p+1/t17-,18+,19-,20+,21-,22-,23-,24-,25?,42?/m1/s1. The third-order valence-corrected chi connectivity index (χ3v) is 14.4. The van der Waals surface area contributed by atoms with Gasteiger partial charge in [0.15, 0.2) is 0 Å². The second-order valence-electron chi connectivity index (χ2n) is 12.7. The third kappa shape index (κ3) is 6.76. The van der Waals surface area contributed by atoms with Crippen LogP contribution < -0.4 is 0 Å². The van der Waals surface area contributed by atoms with Crippen LogP contribution in [0.5, 0.6) is 0 Å². The first-order valence-electron chi connectivity index (χ1n) is 14.3. The van der Waals surface area contributed by atoms with Gasteiger partial charge in [-0.2, -0.15) is 0 Å². The summed E-state index contributed by atoms with van der Waals surface area (Å²) in [5.41, 5.74) is 0.762. The van der Waals surface area contributed by atoms with Crippen molar-refractivity contribution in [2.24, 2.45) is 0 Å². The fraction of sp³-hybridized carbons (Fsp3) is 0.786. The van der Waals surface area contributed by atoms with Gasteiger partial charge in [0.2, 0.25) is 0 Å². The fourth-order valence-electron chi connectivity index (χ4n) is 6.42. The molecule has 0 saturated carbocycles. The van der Waals surface area contributed by atoms with Crippen LogP contribution in [0.15, 0.2) is 30.3 Å². The van der Waals surface area contributed by atoms with E-state index in [1.807, 2.05) is 58.0 Å². The molecule has 0 aliphatic carbocycles. The number of ether oxygens (including phenoxy) is 8. The number of hydrogen-bond acceptors (Lipinski definition) is 11. The van der Waals surface area contributed by atoms with Gasteiger partial charge in [-0.05, 0) is 0 Å². The number of fused-ring (bicyclic) bond motifs is 3. The Bertz CT molecular complexity index is 1230. The second kappa shape index (κ2) is 11.3. The molecule has 0 amide bonds. The number of rotatable bonds is 6. The van der Waals surface area contributed by atoms with E-state index in [9.17, 15) is 13.0 Å². The first kappa shape index (κ1) is 31.3. The van der Waals surface area contributed by atoms with Crippen LogP contribution in [0.25, 0.3) is 0 Å². The Morgan fingerprint density at radius 2 is 1.48 bits per heavy atom. The summed E-state index contributed by atoms with van der Waals surface area (Å²) in [6.07, 6.45) is -5.05. The van der Waals surface area contributed by atoms with E-state index in [-0.39, 0.29) is 29.7 Å². The molecule has 0 aromatic heterocycles. The van der Waals surface area contributed by atoms with Crippen LogP contribution in [0.2, 0.25) is 15.5 Å². The summed E-state index contributed by atoms with van der Waals surface area (Å²) >= 11 is -1.73. The van der Waals surface area contributed by atoms with Crippen molar-refractivity contribution in [1.82, 2.24) is 0 Å². The number of benzene rings is 1. The molecule has 1 aromatic carbocycles. The quantitative estimate of drug-likeness (QED) is 0.349. The molecule has 1 N–H and O–H groups in total. The summed E-state index contributed by atoms with van der Waals surface area (Å²) < 4.78 is 89.6. The van der Waals surface area contributed by atoms with Gasteiger partial charge < -0.3 is 0 Å². The van der Waals surface area contributed by atoms with Crippen molar-refractivity contribution in [1.29, 1.82) is 0 Å². The Morgan fingerprint density at radius 1 is 0.833 bits per heavy atom. The third-order valence-electron chi connectivity index (χ3n) is 8.08. The summed E-state index contributed by atoms with van der Waals surface area (Å²) in [5, 5.41) is 1.21. The van der Waals surface area contributed by atoms with Crippen LogP contribution in [0, 0.1) is 0 Å². The Balaban J connectivity index is 1.33. The minimum absolute atomic E-state index is 0.0354. The molecule has 2 unspecified atom stereocenters. The van der Waals surface area contributed by atoms with Crippen LogP contribution in [-0.4, -0.2) is 100 Å². The molecule has 6 rings (SSSR count). The van der Waals surface area contributed by atoms with E-state index in [0.29, 0.717) is 11.9 Å². The van der Waals surface area contributed by atoms with Gasteiger partial charge in [0, 0.05) is 0 Å². The van der Waals surface area contributed by atoms with Crippen molar-refractivity contribution >= 4 is 24.3 Å². The van der Waals surface area contributed by atoms with Crippen molar-refractivity contribution in [3.05, 3.63) is 35.9 Å². The summed E-state index contributed by atoms with van der Waals surface area (Å²) in [5.74, 6) is -2.44. The predicted molar refractivity (Wildman–Crippen MR) is 148 cm³/mol. The minimum atomic E-state index is -4.88. The molecule has 12 nitrogen and oxygen atoms in total. The van der Waals surface area contributed by atoms with Gasteiger partial charge in [0.05, 0.1) is 0 Å². The van der Waals surface area contributed by atoms with Gasteiger partial charge in [-0.1, -0.05) is 0 Å². The van der Waals surface area contributed by atoms with Crippen molar-refractivity contribution in [2.45, 2.75) is 123 Å². The topological polar surface area (TPSA) is 137 Å². The molecule has 236 valence electrons. The first-order chi connectivity index (χ1) is 19.6. The molecule has 0 bridgehead atoms. The molecule has 14 heteroatoms. The van der Waals surface area contributed by atoms with E-state index in [0.717, 1.165) is 10.9 Å². The monoisotopic (exact) mass is 681 g/mol. The van der Waals surface area contributed by atoms with Gasteiger partial charge in [0.25, 0.3) is 0 Å². The SMILES string of the molecule is CC1(C)OC[C@H]2[C@@H](O1)[C@@H]1OC(C)(C)O[C@@H]1C[Se+]2C[C@@H]1OC(c2ccccc2)O[C@H]([C@H]2COC(C)(C)O2)[C@@H]1OS(=O)(=O)O. The number of hydrogen-bond donors (Lipinski definition) is 1. The van der Waals surface area contributed by atoms with E-state index in [1.165, 1.54) is 0 Å². The molecule has 5 aliphatic heterocycles. The van der Waals surface area contributed by atoms with Crippen molar-refractivity contribution < 1.29 is 55.0 Å². The summed E-state index contributed by atoms with van der Waals surface area (Å²) in [6.45, 7) is 11.8. The molecule has 5 saturated heterocycles. The summed E-state index contributed by atoms with van der Waals surface area (Å²) in [6, 6.07) is 9.41. The molecule has 5 fully saturated rings. The first-order valence-corrected chi connectivity index (χ1v) is 19.0. The zero-order valence-electron chi connectivity index (χ0n) is 24.7. The van der Waals surface area contributed by atoms with Crippen molar-refractivity contribution in [3.8, 4) is 0 Å². The maximum atomic E-state index is 12.2. The van der Waals surface area contributed by atoms with Crippen molar-refractivity contribution in [2.75, 3.05) is 13.2 Å². The van der Waals surface area contributed by atoms with E-state index in [2.05, 4.69) is 0 Å². The van der Waals surface area contributed by atoms with Gasteiger partial charge in [-0.3, -0.25) is 0 Å². The Hall–Kier alpha value is -0.711. The normalized spacial score (nSPS) is 42.5.